The van der Waals surface area contributed by atoms with Crippen molar-refractivity contribution in [3.05, 3.63) is 59.0 Å². The van der Waals surface area contributed by atoms with Gasteiger partial charge in [0, 0.05) is 6.07 Å². The van der Waals surface area contributed by atoms with E-state index in [0.717, 1.165) is 0 Å². The molecule has 2 aromatic carbocycles. The van der Waals surface area contributed by atoms with Crippen LogP contribution in [-0.2, 0) is 4.74 Å². The highest BCUT2D eigenvalue weighted by Crippen LogP contribution is 2.27. The number of phenolic OH excluding ortho intramolecular Hbond substituents is 1. The Labute approximate surface area is 170 Å². The Morgan fingerprint density at radius 3 is 2.40 bits per heavy atom. The van der Waals surface area contributed by atoms with Crippen LogP contribution in [0.25, 0.3) is 22.1 Å². The molecule has 0 radical (unpaired) electrons. The summed E-state index contributed by atoms with van der Waals surface area (Å²) in [6, 6.07) is 10.5. The summed E-state index contributed by atoms with van der Waals surface area (Å²) in [6.07, 6.45) is -5.75. The zero-order valence-corrected chi connectivity index (χ0v) is 15.6. The predicted molar refractivity (Wildman–Crippen MR) is 104 cm³/mol. The molecule has 1 aromatic heterocycles. The first-order valence-electron chi connectivity index (χ1n) is 9.21. The van der Waals surface area contributed by atoms with Gasteiger partial charge < -0.3 is 39.4 Å². The van der Waals surface area contributed by atoms with Crippen LogP contribution in [-0.4, -0.2) is 62.8 Å². The van der Waals surface area contributed by atoms with E-state index in [-0.39, 0.29) is 22.5 Å². The summed E-state index contributed by atoms with van der Waals surface area (Å²) < 4.78 is 16.4. The first kappa shape index (κ1) is 20.3. The van der Waals surface area contributed by atoms with E-state index in [1.165, 1.54) is 36.6 Å². The fourth-order valence-corrected chi connectivity index (χ4v) is 3.32. The standard InChI is InChI=1S/C21H20O9/c22-8-16-18(25)19(26)20(27)21(30-16)29-12-5-6-13-15(7-12)28-9-14(17(13)24)10-1-3-11(23)4-2-10/h1-7,9,16,18-23,25-27H,8H2/t16-,18+,19+,20-,21-/m0/s1. The van der Waals surface area contributed by atoms with Crippen molar-refractivity contribution in [3.63, 3.8) is 0 Å². The van der Waals surface area contributed by atoms with Crippen LogP contribution in [0.1, 0.15) is 0 Å². The molecule has 0 aliphatic carbocycles. The molecular formula is C21H20O9. The van der Waals surface area contributed by atoms with Crippen LogP contribution in [0, 0.1) is 0 Å². The maximum Gasteiger partial charge on any atom is 0.229 e. The van der Waals surface area contributed by atoms with Crippen LogP contribution in [0.5, 0.6) is 11.5 Å². The van der Waals surface area contributed by atoms with Gasteiger partial charge in [-0.15, -0.1) is 0 Å². The zero-order valence-electron chi connectivity index (χ0n) is 15.6. The largest absolute Gasteiger partial charge is 0.508 e. The van der Waals surface area contributed by atoms with Crippen molar-refractivity contribution in [2.45, 2.75) is 30.7 Å². The third-order valence-corrected chi connectivity index (χ3v) is 5.03. The number of aliphatic hydroxyl groups is 4. The molecule has 0 amide bonds. The molecule has 1 aliphatic heterocycles. The van der Waals surface area contributed by atoms with Crippen LogP contribution in [0.2, 0.25) is 0 Å². The van der Waals surface area contributed by atoms with Gasteiger partial charge in [-0.2, -0.15) is 0 Å². The Morgan fingerprint density at radius 2 is 1.70 bits per heavy atom. The second-order valence-electron chi connectivity index (χ2n) is 7.00. The van der Waals surface area contributed by atoms with E-state index >= 15 is 0 Å². The topological polar surface area (TPSA) is 150 Å². The summed E-state index contributed by atoms with van der Waals surface area (Å²) in [6.45, 7) is -0.572. The number of hydrogen-bond donors (Lipinski definition) is 5. The van der Waals surface area contributed by atoms with Crippen molar-refractivity contribution in [2.75, 3.05) is 6.61 Å². The van der Waals surface area contributed by atoms with E-state index in [4.69, 9.17) is 13.9 Å². The van der Waals surface area contributed by atoms with Gasteiger partial charge in [-0.25, -0.2) is 0 Å². The minimum Gasteiger partial charge on any atom is -0.508 e. The normalized spacial score (nSPS) is 26.6. The molecule has 9 heteroatoms. The summed E-state index contributed by atoms with van der Waals surface area (Å²) in [5.74, 6) is 0.270. The highest BCUT2D eigenvalue weighted by Gasteiger charge is 2.44. The van der Waals surface area contributed by atoms with Crippen molar-refractivity contribution in [2.24, 2.45) is 0 Å². The average Bonchev–Trinajstić information content (AvgIpc) is 2.75. The molecule has 2 heterocycles. The first-order chi connectivity index (χ1) is 14.4. The Hall–Kier alpha value is -2.95. The van der Waals surface area contributed by atoms with E-state index in [0.29, 0.717) is 16.5 Å². The van der Waals surface area contributed by atoms with E-state index < -0.39 is 37.3 Å². The molecule has 1 fully saturated rings. The van der Waals surface area contributed by atoms with Gasteiger partial charge in [0.15, 0.2) is 5.43 Å². The number of hydrogen-bond acceptors (Lipinski definition) is 9. The molecule has 5 atom stereocenters. The molecular weight excluding hydrogens is 396 g/mol. The van der Waals surface area contributed by atoms with Crippen molar-refractivity contribution >= 4 is 11.0 Å². The number of rotatable bonds is 4. The maximum absolute atomic E-state index is 12.8. The molecule has 4 rings (SSSR count). The van der Waals surface area contributed by atoms with Gasteiger partial charge in [0.25, 0.3) is 0 Å². The van der Waals surface area contributed by atoms with Gasteiger partial charge >= 0.3 is 0 Å². The quantitative estimate of drug-likeness (QED) is 0.406. The van der Waals surface area contributed by atoms with E-state index in [2.05, 4.69) is 0 Å². The van der Waals surface area contributed by atoms with Crippen molar-refractivity contribution in [3.8, 4) is 22.6 Å². The second kappa shape index (κ2) is 8.05. The van der Waals surface area contributed by atoms with E-state index in [1.54, 1.807) is 12.1 Å². The van der Waals surface area contributed by atoms with Crippen LogP contribution in [0.4, 0.5) is 0 Å². The molecule has 0 bridgehead atoms. The van der Waals surface area contributed by atoms with Crippen LogP contribution < -0.4 is 10.2 Å². The molecule has 0 spiro atoms. The molecule has 1 aliphatic rings. The summed E-state index contributed by atoms with van der Waals surface area (Å²) in [4.78, 5) is 12.8. The van der Waals surface area contributed by atoms with Crippen molar-refractivity contribution < 1.29 is 39.4 Å². The van der Waals surface area contributed by atoms with E-state index in [9.17, 15) is 30.3 Å². The lowest BCUT2D eigenvalue weighted by atomic mass is 9.99. The van der Waals surface area contributed by atoms with Gasteiger partial charge in [0.2, 0.25) is 6.29 Å². The second-order valence-corrected chi connectivity index (χ2v) is 7.00. The minimum atomic E-state index is -1.56. The number of benzene rings is 2. The molecule has 30 heavy (non-hydrogen) atoms. The van der Waals surface area contributed by atoms with Crippen molar-refractivity contribution in [1.29, 1.82) is 0 Å². The maximum atomic E-state index is 12.8. The number of ether oxygens (including phenoxy) is 2. The molecule has 1 saturated heterocycles. The lowest BCUT2D eigenvalue weighted by Gasteiger charge is -2.39. The highest BCUT2D eigenvalue weighted by molar-refractivity contribution is 5.82. The summed E-state index contributed by atoms with van der Waals surface area (Å²) in [7, 11) is 0. The van der Waals surface area contributed by atoms with Crippen LogP contribution in [0.15, 0.2) is 57.9 Å². The van der Waals surface area contributed by atoms with Gasteiger partial charge in [0.05, 0.1) is 17.6 Å². The monoisotopic (exact) mass is 416 g/mol. The third-order valence-electron chi connectivity index (χ3n) is 5.03. The van der Waals surface area contributed by atoms with Crippen LogP contribution >= 0.6 is 0 Å². The molecule has 0 saturated carbocycles. The lowest BCUT2D eigenvalue weighted by Crippen LogP contribution is -2.60. The Kier molecular flexibility index (Phi) is 5.46. The highest BCUT2D eigenvalue weighted by atomic mass is 16.7. The Morgan fingerprint density at radius 1 is 0.967 bits per heavy atom. The first-order valence-corrected chi connectivity index (χ1v) is 9.21. The Balaban J connectivity index is 1.62. The number of fused-ring (bicyclic) bond motifs is 1. The molecule has 5 N–H and O–H groups in total. The SMILES string of the molecule is O=c1c(-c2ccc(O)cc2)coc2cc(O[C@H]3O[C@@H](CO)[C@@H](O)[C@@H](O)[C@@H]3O)ccc12. The van der Waals surface area contributed by atoms with Gasteiger partial charge in [-0.3, -0.25) is 4.79 Å². The van der Waals surface area contributed by atoms with Gasteiger partial charge in [-0.1, -0.05) is 12.1 Å². The van der Waals surface area contributed by atoms with E-state index in [1.807, 2.05) is 0 Å². The smallest absolute Gasteiger partial charge is 0.229 e. The lowest BCUT2D eigenvalue weighted by molar-refractivity contribution is -0.277. The summed E-state index contributed by atoms with van der Waals surface area (Å²) in [5.41, 5.74) is 0.862. The number of aromatic hydroxyl groups is 1. The number of aliphatic hydroxyl groups excluding tert-OH is 4. The van der Waals surface area contributed by atoms with Gasteiger partial charge in [-0.05, 0) is 29.8 Å². The number of phenols is 1. The molecule has 3 aromatic rings. The molecule has 0 unspecified atom stereocenters. The molecule has 9 nitrogen and oxygen atoms in total. The van der Waals surface area contributed by atoms with Gasteiger partial charge in [0.1, 0.15) is 47.8 Å². The zero-order chi connectivity index (χ0) is 21.4. The fourth-order valence-electron chi connectivity index (χ4n) is 3.32. The fraction of sp³-hybridized carbons (Fsp3) is 0.286. The van der Waals surface area contributed by atoms with Crippen LogP contribution in [0.3, 0.4) is 0 Å². The Bertz CT molecular complexity index is 1090. The third kappa shape index (κ3) is 3.64. The predicted octanol–water partition coefficient (Wildman–Crippen LogP) is 0.344. The summed E-state index contributed by atoms with van der Waals surface area (Å²) in [5, 5.41) is 48.7. The summed E-state index contributed by atoms with van der Waals surface area (Å²) >= 11 is 0. The van der Waals surface area contributed by atoms with Crippen molar-refractivity contribution in [1.82, 2.24) is 0 Å². The average molecular weight is 416 g/mol. The molecule has 158 valence electrons. The minimum absolute atomic E-state index is 0.0823.